The van der Waals surface area contributed by atoms with Crippen molar-refractivity contribution in [1.29, 1.82) is 0 Å². The SMILES string of the molecule is CCOc1cccc(OCC)c1C(=O)P(=O)(CC(C)C)C(=O)c1c(OC)cccc1OC. The Hall–Kier alpha value is -2.79. The molecule has 0 amide bonds. The van der Waals surface area contributed by atoms with E-state index in [9.17, 15) is 14.2 Å². The molecule has 7 nitrogen and oxygen atoms in total. The average molecular weight is 462 g/mol. The summed E-state index contributed by atoms with van der Waals surface area (Å²) in [5, 5.41) is 0. The minimum Gasteiger partial charge on any atom is -0.496 e. The Bertz CT molecular complexity index is 967. The second-order valence-electron chi connectivity index (χ2n) is 7.46. The monoisotopic (exact) mass is 462 g/mol. The second kappa shape index (κ2) is 11.2. The van der Waals surface area contributed by atoms with Gasteiger partial charge in [0.05, 0.1) is 27.4 Å². The summed E-state index contributed by atoms with van der Waals surface area (Å²) in [7, 11) is -1.38. The van der Waals surface area contributed by atoms with Crippen LogP contribution in [0.3, 0.4) is 0 Å². The lowest BCUT2D eigenvalue weighted by atomic mass is 10.2. The first-order valence-corrected chi connectivity index (χ1v) is 12.4. The van der Waals surface area contributed by atoms with Gasteiger partial charge in [0.2, 0.25) is 18.2 Å². The maximum absolute atomic E-state index is 14.4. The number of carbonyl (C=O) groups is 2. The predicted molar refractivity (Wildman–Crippen MR) is 124 cm³/mol. The fraction of sp³-hybridized carbons (Fsp3) is 0.417. The first-order chi connectivity index (χ1) is 15.2. The maximum Gasteiger partial charge on any atom is 0.236 e. The van der Waals surface area contributed by atoms with Gasteiger partial charge >= 0.3 is 0 Å². The van der Waals surface area contributed by atoms with E-state index < -0.39 is 18.2 Å². The molecule has 2 aromatic carbocycles. The molecule has 8 heteroatoms. The smallest absolute Gasteiger partial charge is 0.236 e. The number of hydrogen-bond donors (Lipinski definition) is 0. The van der Waals surface area contributed by atoms with Crippen molar-refractivity contribution >= 4 is 18.2 Å². The largest absolute Gasteiger partial charge is 0.496 e. The fourth-order valence-electron chi connectivity index (χ4n) is 3.47. The average Bonchev–Trinajstić information content (AvgIpc) is 2.77. The van der Waals surface area contributed by atoms with Crippen molar-refractivity contribution in [2.45, 2.75) is 27.7 Å². The van der Waals surface area contributed by atoms with Crippen molar-refractivity contribution in [1.82, 2.24) is 0 Å². The fourth-order valence-corrected chi connectivity index (χ4v) is 6.18. The Morgan fingerprint density at radius 3 is 1.50 bits per heavy atom. The number of carbonyl (C=O) groups excluding carboxylic acids is 2. The van der Waals surface area contributed by atoms with E-state index in [1.807, 2.05) is 13.8 Å². The van der Waals surface area contributed by atoms with Crippen LogP contribution in [0.4, 0.5) is 0 Å². The summed E-state index contributed by atoms with van der Waals surface area (Å²) in [5.41, 5.74) is -1.60. The van der Waals surface area contributed by atoms with Crippen molar-refractivity contribution < 1.29 is 33.1 Å². The molecule has 0 saturated heterocycles. The van der Waals surface area contributed by atoms with Gasteiger partial charge in [0, 0.05) is 6.16 Å². The zero-order chi connectivity index (χ0) is 23.9. The zero-order valence-electron chi connectivity index (χ0n) is 19.5. The van der Waals surface area contributed by atoms with E-state index in [0.29, 0.717) is 13.2 Å². The van der Waals surface area contributed by atoms with Crippen LogP contribution in [0.5, 0.6) is 23.0 Å². The summed E-state index contributed by atoms with van der Waals surface area (Å²) >= 11 is 0. The molecule has 0 aliphatic rings. The van der Waals surface area contributed by atoms with E-state index in [2.05, 4.69) is 0 Å². The molecule has 0 aliphatic carbocycles. The summed E-state index contributed by atoms with van der Waals surface area (Å²) in [4.78, 5) is 27.7. The van der Waals surface area contributed by atoms with Crippen molar-refractivity contribution in [2.24, 2.45) is 5.92 Å². The van der Waals surface area contributed by atoms with Gasteiger partial charge < -0.3 is 23.5 Å². The first kappa shape index (κ1) is 25.5. The highest BCUT2D eigenvalue weighted by Gasteiger charge is 2.45. The number of methoxy groups -OCH3 is 2. The quantitative estimate of drug-likeness (QED) is 0.385. The molecule has 0 aromatic heterocycles. The van der Waals surface area contributed by atoms with Crippen molar-refractivity contribution in [2.75, 3.05) is 33.6 Å². The number of rotatable bonds is 12. The third-order valence-corrected chi connectivity index (χ3v) is 7.73. The Balaban J connectivity index is 2.77. The topological polar surface area (TPSA) is 88.1 Å². The Morgan fingerprint density at radius 2 is 1.16 bits per heavy atom. The summed E-state index contributed by atoms with van der Waals surface area (Å²) in [6, 6.07) is 9.69. The van der Waals surface area contributed by atoms with Gasteiger partial charge in [-0.1, -0.05) is 26.0 Å². The lowest BCUT2D eigenvalue weighted by molar-refractivity contribution is 0.103. The Morgan fingerprint density at radius 1 is 0.781 bits per heavy atom. The van der Waals surface area contributed by atoms with Crippen LogP contribution in [0.15, 0.2) is 36.4 Å². The van der Waals surface area contributed by atoms with E-state index in [1.165, 1.54) is 14.2 Å². The Kier molecular flexibility index (Phi) is 8.90. The highest BCUT2D eigenvalue weighted by molar-refractivity contribution is 7.95. The van der Waals surface area contributed by atoms with Crippen molar-refractivity contribution in [3.8, 4) is 23.0 Å². The third kappa shape index (κ3) is 5.16. The standard InChI is InChI=1S/C24H31O7P/c1-7-30-19-13-10-14-20(31-8-2)22(19)24(26)32(27,15-16(3)4)23(25)21-17(28-5)11-9-12-18(21)29-6/h9-14,16H,7-8,15H2,1-6H3. The molecule has 0 spiro atoms. The molecular weight excluding hydrogens is 431 g/mol. The molecule has 32 heavy (non-hydrogen) atoms. The zero-order valence-corrected chi connectivity index (χ0v) is 20.4. The first-order valence-electron chi connectivity index (χ1n) is 10.5. The molecule has 2 aromatic rings. The van der Waals surface area contributed by atoms with Crippen LogP contribution >= 0.6 is 7.14 Å². The third-order valence-electron chi connectivity index (χ3n) is 4.72. The second-order valence-corrected chi connectivity index (χ2v) is 10.1. The van der Waals surface area contributed by atoms with Gasteiger partial charge in [0.1, 0.15) is 34.1 Å². The van der Waals surface area contributed by atoms with E-state index in [-0.39, 0.29) is 46.2 Å². The Labute approximate surface area is 189 Å². The van der Waals surface area contributed by atoms with Crippen molar-refractivity contribution in [3.05, 3.63) is 47.5 Å². The molecule has 0 bridgehead atoms. The molecule has 1 unspecified atom stereocenters. The summed E-state index contributed by atoms with van der Waals surface area (Å²) in [6.45, 7) is 7.76. The maximum atomic E-state index is 14.4. The van der Waals surface area contributed by atoms with E-state index in [1.54, 1.807) is 50.2 Å². The normalized spacial score (nSPS) is 12.7. The molecule has 0 aliphatic heterocycles. The summed E-state index contributed by atoms with van der Waals surface area (Å²) in [6.07, 6.45) is -0.113. The highest BCUT2D eigenvalue weighted by Crippen LogP contribution is 2.57. The van der Waals surface area contributed by atoms with Gasteiger partial charge in [-0.2, -0.15) is 0 Å². The lowest BCUT2D eigenvalue weighted by Gasteiger charge is -2.22. The number of benzene rings is 2. The van der Waals surface area contributed by atoms with Gasteiger partial charge in [0.25, 0.3) is 0 Å². The molecule has 174 valence electrons. The van der Waals surface area contributed by atoms with Crippen LogP contribution in [0.2, 0.25) is 0 Å². The van der Waals surface area contributed by atoms with E-state index in [4.69, 9.17) is 18.9 Å². The molecule has 0 heterocycles. The van der Waals surface area contributed by atoms with Gasteiger partial charge in [-0.3, -0.25) is 9.59 Å². The van der Waals surface area contributed by atoms with Crippen LogP contribution in [0.25, 0.3) is 0 Å². The van der Waals surface area contributed by atoms with Gasteiger partial charge in [0.15, 0.2) is 0 Å². The van der Waals surface area contributed by atoms with Crippen LogP contribution in [0, 0.1) is 5.92 Å². The number of ether oxygens (including phenoxy) is 4. The molecular formula is C24H31O7P. The van der Waals surface area contributed by atoms with Gasteiger partial charge in [-0.05, 0) is 44.0 Å². The highest BCUT2D eigenvalue weighted by atomic mass is 31.2. The minimum absolute atomic E-state index is 0.0123. The van der Waals surface area contributed by atoms with Crippen molar-refractivity contribution in [3.63, 3.8) is 0 Å². The van der Waals surface area contributed by atoms with E-state index >= 15 is 0 Å². The van der Waals surface area contributed by atoms with Gasteiger partial charge in [-0.25, -0.2) is 0 Å². The van der Waals surface area contributed by atoms with Crippen LogP contribution in [-0.2, 0) is 4.57 Å². The summed E-state index contributed by atoms with van der Waals surface area (Å²) in [5.74, 6) is 0.646. The molecule has 0 saturated carbocycles. The molecule has 0 N–H and O–H groups in total. The van der Waals surface area contributed by atoms with Crippen LogP contribution in [0.1, 0.15) is 48.4 Å². The minimum atomic E-state index is -4.18. The lowest BCUT2D eigenvalue weighted by Crippen LogP contribution is -2.19. The molecule has 2 rings (SSSR count). The molecule has 1 atom stereocenters. The number of hydrogen-bond acceptors (Lipinski definition) is 7. The van der Waals surface area contributed by atoms with E-state index in [0.717, 1.165) is 0 Å². The van der Waals surface area contributed by atoms with Crippen LogP contribution in [-0.4, -0.2) is 44.6 Å². The molecule has 0 fully saturated rings. The predicted octanol–water partition coefficient (Wildman–Crippen LogP) is 5.50. The van der Waals surface area contributed by atoms with Crippen LogP contribution < -0.4 is 18.9 Å². The van der Waals surface area contributed by atoms with Gasteiger partial charge in [-0.15, -0.1) is 0 Å². The molecule has 0 radical (unpaired) electrons. The summed E-state index contributed by atoms with van der Waals surface area (Å²) < 4.78 is 36.3.